The van der Waals surface area contributed by atoms with Crippen LogP contribution in [0.3, 0.4) is 0 Å². The Morgan fingerprint density at radius 3 is 1.50 bits per heavy atom. The second kappa shape index (κ2) is 9.99. The number of nitrogens with one attached hydrogen (secondary N) is 1. The molecule has 5 nitrogen and oxygen atoms in total. The highest BCUT2D eigenvalue weighted by Crippen LogP contribution is 2.33. The molecule has 5 N–H and O–H groups in total. The van der Waals surface area contributed by atoms with Gasteiger partial charge in [0, 0.05) is 26.4 Å². The van der Waals surface area contributed by atoms with Gasteiger partial charge in [0.1, 0.15) is 0 Å². The van der Waals surface area contributed by atoms with Gasteiger partial charge in [0.05, 0.1) is 6.61 Å². The Hall–Kier alpha value is -0.200. The molecule has 98 valence electrons. The summed E-state index contributed by atoms with van der Waals surface area (Å²) in [5.74, 6) is 0. The molecule has 0 heterocycles. The van der Waals surface area contributed by atoms with E-state index in [4.69, 9.17) is 20.4 Å². The lowest BCUT2D eigenvalue weighted by Crippen LogP contribution is -2.31. The van der Waals surface area contributed by atoms with Gasteiger partial charge in [-0.2, -0.15) is 0 Å². The molecule has 0 aromatic heterocycles. The van der Waals surface area contributed by atoms with Crippen molar-refractivity contribution in [3.63, 3.8) is 0 Å². The molecule has 0 aliphatic heterocycles. The molecule has 0 aliphatic rings. The van der Waals surface area contributed by atoms with Crippen LogP contribution in [0, 0.1) is 5.41 Å². The lowest BCUT2D eigenvalue weighted by Gasteiger charge is -2.32. The quantitative estimate of drug-likeness (QED) is 0.299. The number of aliphatic hydroxyl groups is 4. The largest absolute Gasteiger partial charge is 0.396 e. The summed E-state index contributed by atoms with van der Waals surface area (Å²) in [6.07, 6.45) is 2.56. The number of aliphatic hydroxyl groups excluding tert-OH is 4. The van der Waals surface area contributed by atoms with Gasteiger partial charge < -0.3 is 25.7 Å². The molecule has 0 aromatic rings. The Morgan fingerprint density at radius 1 is 0.625 bits per heavy atom. The summed E-state index contributed by atoms with van der Waals surface area (Å²) >= 11 is 0. The molecular weight excluding hydrogens is 210 g/mol. The summed E-state index contributed by atoms with van der Waals surface area (Å²) in [5, 5.41) is 38.8. The van der Waals surface area contributed by atoms with Crippen LogP contribution in [0.5, 0.6) is 0 Å². The van der Waals surface area contributed by atoms with Crippen LogP contribution in [-0.4, -0.2) is 59.9 Å². The first kappa shape index (κ1) is 15.8. The van der Waals surface area contributed by atoms with Crippen LogP contribution < -0.4 is 5.32 Å². The maximum absolute atomic E-state index is 9.03. The molecule has 0 rings (SSSR count). The highest BCUT2D eigenvalue weighted by Gasteiger charge is 2.27. The van der Waals surface area contributed by atoms with Gasteiger partial charge in [-0.3, -0.25) is 0 Å². The molecule has 5 heteroatoms. The van der Waals surface area contributed by atoms with Crippen molar-refractivity contribution in [3.05, 3.63) is 0 Å². The topological polar surface area (TPSA) is 93.0 Å². The van der Waals surface area contributed by atoms with E-state index in [0.717, 1.165) is 13.0 Å². The van der Waals surface area contributed by atoms with Crippen LogP contribution in [0.2, 0.25) is 0 Å². The molecule has 0 aromatic carbocycles. The van der Waals surface area contributed by atoms with Gasteiger partial charge in [-0.15, -0.1) is 0 Å². The summed E-state index contributed by atoms with van der Waals surface area (Å²) in [6.45, 7) is 1.58. The third-order valence-electron chi connectivity index (χ3n) is 3.05. The predicted octanol–water partition coefficient (Wildman–Crippen LogP) is -0.908. The van der Waals surface area contributed by atoms with E-state index in [1.165, 1.54) is 0 Å². The van der Waals surface area contributed by atoms with Crippen LogP contribution in [0.1, 0.15) is 25.7 Å². The van der Waals surface area contributed by atoms with Crippen molar-refractivity contribution in [3.8, 4) is 0 Å². The molecule has 0 amide bonds. The zero-order valence-corrected chi connectivity index (χ0v) is 9.86. The predicted molar refractivity (Wildman–Crippen MR) is 62.1 cm³/mol. The van der Waals surface area contributed by atoms with Crippen LogP contribution in [0.15, 0.2) is 0 Å². The monoisotopic (exact) mass is 235 g/mol. The SMILES string of the molecule is OCCNCCC(CCO)(CCO)CCO. The maximum Gasteiger partial charge on any atom is 0.0555 e. The smallest absolute Gasteiger partial charge is 0.0555 e. The van der Waals surface area contributed by atoms with Crippen molar-refractivity contribution >= 4 is 0 Å². The first-order valence-corrected chi connectivity index (χ1v) is 5.89. The average Bonchev–Trinajstić information content (AvgIpc) is 2.26. The van der Waals surface area contributed by atoms with Crippen molar-refractivity contribution in [2.45, 2.75) is 25.7 Å². The fourth-order valence-electron chi connectivity index (χ4n) is 2.02. The van der Waals surface area contributed by atoms with Gasteiger partial charge in [0.25, 0.3) is 0 Å². The molecule has 16 heavy (non-hydrogen) atoms. The first-order chi connectivity index (χ1) is 7.74. The first-order valence-electron chi connectivity index (χ1n) is 5.89. The lowest BCUT2D eigenvalue weighted by molar-refractivity contribution is 0.0908. The number of hydrogen-bond acceptors (Lipinski definition) is 5. The zero-order valence-electron chi connectivity index (χ0n) is 9.86. The van der Waals surface area contributed by atoms with Gasteiger partial charge in [0.2, 0.25) is 0 Å². The van der Waals surface area contributed by atoms with Crippen molar-refractivity contribution in [2.75, 3.05) is 39.5 Å². The summed E-state index contributed by atoms with van der Waals surface area (Å²) in [4.78, 5) is 0. The van der Waals surface area contributed by atoms with Crippen LogP contribution >= 0.6 is 0 Å². The molecule has 0 spiro atoms. The van der Waals surface area contributed by atoms with E-state index in [9.17, 15) is 0 Å². The fourth-order valence-corrected chi connectivity index (χ4v) is 2.02. The summed E-state index contributed by atoms with van der Waals surface area (Å²) in [6, 6.07) is 0. The van der Waals surface area contributed by atoms with Crippen LogP contribution in [-0.2, 0) is 0 Å². The normalized spacial score (nSPS) is 12.0. The Morgan fingerprint density at radius 2 is 1.12 bits per heavy atom. The molecule has 0 bridgehead atoms. The lowest BCUT2D eigenvalue weighted by atomic mass is 9.76. The number of rotatable bonds is 11. The summed E-state index contributed by atoms with van der Waals surface area (Å²) in [5.41, 5.74) is -0.194. The highest BCUT2D eigenvalue weighted by atomic mass is 16.3. The molecule has 0 saturated heterocycles. The minimum absolute atomic E-state index is 0.0694. The Kier molecular flexibility index (Phi) is 9.86. The molecule has 0 radical (unpaired) electrons. The van der Waals surface area contributed by atoms with E-state index < -0.39 is 0 Å². The van der Waals surface area contributed by atoms with E-state index in [1.54, 1.807) is 0 Å². The van der Waals surface area contributed by atoms with Crippen molar-refractivity contribution < 1.29 is 20.4 Å². The summed E-state index contributed by atoms with van der Waals surface area (Å²) in [7, 11) is 0. The Bertz CT molecular complexity index is 138. The van der Waals surface area contributed by atoms with E-state index in [1.807, 2.05) is 0 Å². The van der Waals surface area contributed by atoms with Gasteiger partial charge in [-0.25, -0.2) is 0 Å². The van der Waals surface area contributed by atoms with Gasteiger partial charge >= 0.3 is 0 Å². The zero-order chi connectivity index (χ0) is 12.3. The highest BCUT2D eigenvalue weighted by molar-refractivity contribution is 4.79. The van der Waals surface area contributed by atoms with Gasteiger partial charge in [0.15, 0.2) is 0 Å². The third kappa shape index (κ3) is 6.40. The van der Waals surface area contributed by atoms with Crippen LogP contribution in [0.25, 0.3) is 0 Å². The second-order valence-corrected chi connectivity index (χ2v) is 4.14. The molecule has 0 aliphatic carbocycles. The summed E-state index contributed by atoms with van der Waals surface area (Å²) < 4.78 is 0. The average molecular weight is 235 g/mol. The van der Waals surface area contributed by atoms with Gasteiger partial charge in [-0.1, -0.05) is 0 Å². The van der Waals surface area contributed by atoms with E-state index in [0.29, 0.717) is 25.8 Å². The van der Waals surface area contributed by atoms with E-state index in [-0.39, 0.29) is 31.8 Å². The van der Waals surface area contributed by atoms with E-state index >= 15 is 0 Å². The maximum atomic E-state index is 9.03. The van der Waals surface area contributed by atoms with Crippen molar-refractivity contribution in [1.82, 2.24) is 5.32 Å². The molecule has 0 atom stereocenters. The molecule has 0 unspecified atom stereocenters. The van der Waals surface area contributed by atoms with Crippen molar-refractivity contribution in [1.29, 1.82) is 0 Å². The molecular formula is C11H25NO4. The third-order valence-corrected chi connectivity index (χ3v) is 3.05. The standard InChI is InChI=1S/C11H25NO4/c13-7-2-11(3-8-14,4-9-15)1-5-12-6-10-16/h12-16H,1-10H2. The Labute approximate surface area is 97.1 Å². The number of hydrogen-bond donors (Lipinski definition) is 5. The van der Waals surface area contributed by atoms with Crippen molar-refractivity contribution in [2.24, 2.45) is 5.41 Å². The Balaban J connectivity index is 4.12. The molecule has 0 fully saturated rings. The fraction of sp³-hybridized carbons (Fsp3) is 1.00. The molecule has 0 saturated carbocycles. The van der Waals surface area contributed by atoms with Crippen LogP contribution in [0.4, 0.5) is 0 Å². The van der Waals surface area contributed by atoms with Gasteiger partial charge in [-0.05, 0) is 37.6 Å². The second-order valence-electron chi connectivity index (χ2n) is 4.14. The minimum atomic E-state index is -0.194. The van der Waals surface area contributed by atoms with E-state index in [2.05, 4.69) is 5.32 Å². The minimum Gasteiger partial charge on any atom is -0.396 e.